The summed E-state index contributed by atoms with van der Waals surface area (Å²) < 4.78 is 0. The highest BCUT2D eigenvalue weighted by Crippen LogP contribution is 2.27. The summed E-state index contributed by atoms with van der Waals surface area (Å²) in [6, 6.07) is 10.6. The molecule has 1 aliphatic rings. The second-order valence-corrected chi connectivity index (χ2v) is 5.64. The van der Waals surface area contributed by atoms with E-state index in [9.17, 15) is 0 Å². The molecule has 0 bridgehead atoms. The van der Waals surface area contributed by atoms with Crippen LogP contribution in [-0.4, -0.2) is 16.9 Å². The van der Waals surface area contributed by atoms with Gasteiger partial charge in [0.15, 0.2) is 0 Å². The third-order valence-corrected chi connectivity index (χ3v) is 4.27. The van der Waals surface area contributed by atoms with E-state index in [4.69, 9.17) is 5.73 Å². The van der Waals surface area contributed by atoms with E-state index in [1.54, 1.807) is 0 Å². The fourth-order valence-electron chi connectivity index (χ4n) is 2.75. The Bertz CT molecular complexity index is 771. The first-order chi connectivity index (χ1) is 10.7. The molecule has 2 aromatic rings. The molecule has 0 radical (unpaired) electrons. The van der Waals surface area contributed by atoms with Crippen LogP contribution in [0.4, 0.5) is 0 Å². The van der Waals surface area contributed by atoms with Gasteiger partial charge >= 0.3 is 0 Å². The molecule has 0 fully saturated rings. The Balaban J connectivity index is 1.92. The lowest BCUT2D eigenvalue weighted by Crippen LogP contribution is -2.24. The highest BCUT2D eigenvalue weighted by Gasteiger charge is 2.17. The first-order valence-electron chi connectivity index (χ1n) is 7.56. The van der Waals surface area contributed by atoms with Crippen LogP contribution in [0, 0.1) is 0 Å². The summed E-state index contributed by atoms with van der Waals surface area (Å²) in [5.41, 5.74) is 10.4. The Labute approximate surface area is 131 Å². The van der Waals surface area contributed by atoms with Gasteiger partial charge in [-0.2, -0.15) is 0 Å². The summed E-state index contributed by atoms with van der Waals surface area (Å²) in [6.45, 7) is 2.18. The van der Waals surface area contributed by atoms with Crippen molar-refractivity contribution in [3.05, 3.63) is 77.8 Å². The van der Waals surface area contributed by atoms with Crippen molar-refractivity contribution in [2.45, 2.75) is 19.4 Å². The minimum Gasteiger partial charge on any atom is -0.397 e. The summed E-state index contributed by atoms with van der Waals surface area (Å²) in [7, 11) is 2.09. The topological polar surface area (TPSA) is 42.2 Å². The zero-order valence-corrected chi connectivity index (χ0v) is 13.0. The van der Waals surface area contributed by atoms with Gasteiger partial charge in [0.2, 0.25) is 0 Å². The van der Waals surface area contributed by atoms with Crippen LogP contribution in [0.15, 0.2) is 72.2 Å². The molecule has 112 valence electrons. The van der Waals surface area contributed by atoms with Crippen molar-refractivity contribution in [1.29, 1.82) is 0 Å². The Morgan fingerprint density at radius 1 is 1.23 bits per heavy atom. The lowest BCUT2D eigenvalue weighted by molar-refractivity contribution is 0.321. The maximum Gasteiger partial charge on any atom is 0.0702 e. The molecule has 0 spiro atoms. The molecule has 0 aliphatic heterocycles. The molecule has 0 saturated heterocycles. The molecule has 1 atom stereocenters. The van der Waals surface area contributed by atoms with E-state index in [0.717, 1.165) is 23.3 Å². The van der Waals surface area contributed by atoms with Crippen molar-refractivity contribution in [2.75, 3.05) is 7.05 Å². The van der Waals surface area contributed by atoms with Gasteiger partial charge in [0.05, 0.1) is 17.3 Å². The van der Waals surface area contributed by atoms with Crippen molar-refractivity contribution in [1.82, 2.24) is 9.88 Å². The number of nitrogens with two attached hydrogens (primary N) is 1. The van der Waals surface area contributed by atoms with Gasteiger partial charge in [-0.1, -0.05) is 36.4 Å². The Morgan fingerprint density at radius 3 is 2.91 bits per heavy atom. The first-order valence-corrected chi connectivity index (χ1v) is 7.56. The van der Waals surface area contributed by atoms with Crippen LogP contribution >= 0.6 is 0 Å². The summed E-state index contributed by atoms with van der Waals surface area (Å²) >= 11 is 0. The standard InChI is InChI=1S/C19H21N3/c1-14(22(2)19-11-5-3-4-9-17(19)20)16-12-15-8-6-7-10-18(15)21-13-16/h3-10,12-14H,11,20H2,1-2H3. The molecule has 3 heteroatoms. The van der Waals surface area contributed by atoms with Gasteiger partial charge in [-0.15, -0.1) is 0 Å². The van der Waals surface area contributed by atoms with E-state index in [-0.39, 0.29) is 6.04 Å². The van der Waals surface area contributed by atoms with Crippen LogP contribution < -0.4 is 5.73 Å². The Morgan fingerprint density at radius 2 is 2.05 bits per heavy atom. The molecule has 22 heavy (non-hydrogen) atoms. The molecule has 1 unspecified atom stereocenters. The summed E-state index contributed by atoms with van der Waals surface area (Å²) in [5.74, 6) is 0. The Kier molecular flexibility index (Phi) is 3.96. The molecule has 0 amide bonds. The largest absolute Gasteiger partial charge is 0.397 e. The lowest BCUT2D eigenvalue weighted by Gasteiger charge is -2.30. The van der Waals surface area contributed by atoms with Crippen molar-refractivity contribution >= 4 is 10.9 Å². The normalized spacial score (nSPS) is 15.9. The average Bonchev–Trinajstić information content (AvgIpc) is 2.77. The summed E-state index contributed by atoms with van der Waals surface area (Å²) in [4.78, 5) is 6.80. The predicted molar refractivity (Wildman–Crippen MR) is 92.0 cm³/mol. The minimum atomic E-state index is 0.213. The molecule has 0 saturated carbocycles. The molecular weight excluding hydrogens is 270 g/mol. The molecule has 3 nitrogen and oxygen atoms in total. The third-order valence-electron chi connectivity index (χ3n) is 4.27. The zero-order chi connectivity index (χ0) is 15.5. The molecule has 2 N–H and O–H groups in total. The number of nitrogens with zero attached hydrogens (tertiary/aromatic N) is 2. The monoisotopic (exact) mass is 291 g/mol. The molecule has 1 aromatic carbocycles. The number of benzene rings is 1. The second-order valence-electron chi connectivity index (χ2n) is 5.64. The van der Waals surface area contributed by atoms with Crippen LogP contribution in [-0.2, 0) is 0 Å². The number of hydrogen-bond acceptors (Lipinski definition) is 3. The van der Waals surface area contributed by atoms with Crippen LogP contribution in [0.2, 0.25) is 0 Å². The zero-order valence-electron chi connectivity index (χ0n) is 13.0. The van der Waals surface area contributed by atoms with Crippen molar-refractivity contribution in [3.8, 4) is 0 Å². The Hall–Kier alpha value is -2.55. The fourth-order valence-corrected chi connectivity index (χ4v) is 2.75. The second kappa shape index (κ2) is 6.06. The maximum atomic E-state index is 6.18. The van der Waals surface area contributed by atoms with Gasteiger partial charge in [0.1, 0.15) is 0 Å². The number of fused-ring (bicyclic) bond motifs is 1. The van der Waals surface area contributed by atoms with Gasteiger partial charge in [-0.25, -0.2) is 0 Å². The molecule has 1 aliphatic carbocycles. The third kappa shape index (κ3) is 2.75. The SMILES string of the molecule is CC(c1cnc2ccccc2c1)N(C)C1=C(N)C=CC=CC1. The minimum absolute atomic E-state index is 0.213. The molecular formula is C19H21N3. The van der Waals surface area contributed by atoms with Crippen LogP contribution in [0.5, 0.6) is 0 Å². The van der Waals surface area contributed by atoms with Crippen LogP contribution in [0.3, 0.4) is 0 Å². The van der Waals surface area contributed by atoms with Crippen LogP contribution in [0.25, 0.3) is 10.9 Å². The highest BCUT2D eigenvalue weighted by atomic mass is 15.1. The van der Waals surface area contributed by atoms with Crippen LogP contribution in [0.1, 0.15) is 24.9 Å². The maximum absolute atomic E-state index is 6.18. The smallest absolute Gasteiger partial charge is 0.0702 e. The number of rotatable bonds is 3. The number of hydrogen-bond donors (Lipinski definition) is 1. The predicted octanol–water partition coefficient (Wildman–Crippen LogP) is 3.91. The van der Waals surface area contributed by atoms with Gasteiger partial charge in [0.25, 0.3) is 0 Å². The van der Waals surface area contributed by atoms with Crippen molar-refractivity contribution in [2.24, 2.45) is 5.73 Å². The number of allylic oxidation sites excluding steroid dienone is 4. The molecule has 1 heterocycles. The number of para-hydroxylation sites is 1. The summed E-state index contributed by atoms with van der Waals surface area (Å²) in [6.07, 6.45) is 10.9. The van der Waals surface area contributed by atoms with E-state index < -0.39 is 0 Å². The number of aromatic nitrogens is 1. The van der Waals surface area contributed by atoms with E-state index in [0.29, 0.717) is 0 Å². The van der Waals surface area contributed by atoms with Gasteiger partial charge in [0, 0.05) is 30.7 Å². The number of pyridine rings is 1. The van der Waals surface area contributed by atoms with E-state index >= 15 is 0 Å². The van der Waals surface area contributed by atoms with E-state index in [1.165, 1.54) is 10.9 Å². The average molecular weight is 291 g/mol. The molecule has 1 aromatic heterocycles. The van der Waals surface area contributed by atoms with E-state index in [1.807, 2.05) is 42.6 Å². The fraction of sp³-hybridized carbons (Fsp3) is 0.211. The summed E-state index contributed by atoms with van der Waals surface area (Å²) in [5, 5.41) is 1.17. The highest BCUT2D eigenvalue weighted by molar-refractivity contribution is 5.78. The van der Waals surface area contributed by atoms with Gasteiger partial charge in [-0.05, 0) is 30.7 Å². The quantitative estimate of drug-likeness (QED) is 0.932. The lowest BCUT2D eigenvalue weighted by atomic mass is 10.1. The molecule has 3 rings (SSSR count). The first kappa shape index (κ1) is 14.4. The van der Waals surface area contributed by atoms with Crippen molar-refractivity contribution in [3.63, 3.8) is 0 Å². The van der Waals surface area contributed by atoms with Gasteiger partial charge in [-0.3, -0.25) is 4.98 Å². The van der Waals surface area contributed by atoms with E-state index in [2.05, 4.69) is 42.1 Å². The van der Waals surface area contributed by atoms with Crippen molar-refractivity contribution < 1.29 is 0 Å². The van der Waals surface area contributed by atoms with Gasteiger partial charge < -0.3 is 10.6 Å².